The lowest BCUT2D eigenvalue weighted by Crippen LogP contribution is -2.10. The van der Waals surface area contributed by atoms with Crippen molar-refractivity contribution in [2.24, 2.45) is 0 Å². The molecule has 1 aromatic heterocycles. The number of nitrogens with zero attached hydrogens (tertiary/aromatic N) is 2. The Balaban J connectivity index is 2.49. The first-order chi connectivity index (χ1) is 9.56. The van der Waals surface area contributed by atoms with E-state index < -0.39 is 0 Å². The largest absolute Gasteiger partial charge is 0.489 e. The van der Waals surface area contributed by atoms with Gasteiger partial charge in [-0.15, -0.1) is 0 Å². The number of anilines is 1. The summed E-state index contributed by atoms with van der Waals surface area (Å²) in [6.07, 6.45) is 1.94. The number of rotatable bonds is 5. The summed E-state index contributed by atoms with van der Waals surface area (Å²) in [6.45, 7) is 8.21. The van der Waals surface area contributed by atoms with Crippen molar-refractivity contribution < 1.29 is 4.74 Å². The van der Waals surface area contributed by atoms with Crippen molar-refractivity contribution >= 4 is 5.69 Å². The van der Waals surface area contributed by atoms with Crippen LogP contribution >= 0.6 is 0 Å². The molecular weight excluding hydrogens is 250 g/mol. The smallest absolute Gasteiger partial charge is 0.144 e. The first-order valence-electron chi connectivity index (χ1n) is 7.20. The van der Waals surface area contributed by atoms with Crippen LogP contribution in [0.1, 0.15) is 39.1 Å². The summed E-state index contributed by atoms with van der Waals surface area (Å²) in [5, 5.41) is 4.63. The Kier molecular flexibility index (Phi) is 4.32. The number of nitrogen functional groups attached to an aromatic ring is 1. The van der Waals surface area contributed by atoms with Gasteiger partial charge in [0, 0.05) is 5.69 Å². The van der Waals surface area contributed by atoms with Gasteiger partial charge in [0.2, 0.25) is 0 Å². The minimum atomic E-state index is 0.0991. The fourth-order valence-electron chi connectivity index (χ4n) is 2.18. The van der Waals surface area contributed by atoms with Gasteiger partial charge in [-0.2, -0.15) is 5.10 Å². The summed E-state index contributed by atoms with van der Waals surface area (Å²) in [4.78, 5) is 0. The highest BCUT2D eigenvalue weighted by molar-refractivity contribution is 5.66. The second-order valence-electron chi connectivity index (χ2n) is 5.10. The van der Waals surface area contributed by atoms with Crippen LogP contribution in [0.2, 0.25) is 0 Å². The van der Waals surface area contributed by atoms with Crippen LogP contribution in [0.15, 0.2) is 24.3 Å². The van der Waals surface area contributed by atoms with E-state index in [1.165, 1.54) is 0 Å². The van der Waals surface area contributed by atoms with Crippen molar-refractivity contribution in [2.45, 2.75) is 46.6 Å². The van der Waals surface area contributed by atoms with Crippen LogP contribution in [0.5, 0.6) is 5.75 Å². The van der Waals surface area contributed by atoms with E-state index in [4.69, 9.17) is 10.5 Å². The number of benzene rings is 1. The van der Waals surface area contributed by atoms with Crippen LogP contribution < -0.4 is 10.5 Å². The quantitative estimate of drug-likeness (QED) is 0.850. The van der Waals surface area contributed by atoms with Gasteiger partial charge in [-0.05, 0) is 44.9 Å². The highest BCUT2D eigenvalue weighted by atomic mass is 16.5. The van der Waals surface area contributed by atoms with Gasteiger partial charge in [0.15, 0.2) is 0 Å². The number of aryl methyl sites for hydroxylation is 2. The molecule has 0 fully saturated rings. The Labute approximate surface area is 120 Å². The van der Waals surface area contributed by atoms with E-state index >= 15 is 0 Å². The number of ether oxygens (including phenoxy) is 1. The molecule has 2 N–H and O–H groups in total. The van der Waals surface area contributed by atoms with Crippen LogP contribution in [0, 0.1) is 0 Å². The zero-order valence-corrected chi connectivity index (χ0v) is 12.7. The molecular formula is C16H23N3O. The zero-order valence-electron chi connectivity index (χ0n) is 12.7. The monoisotopic (exact) mass is 273 g/mol. The van der Waals surface area contributed by atoms with Crippen molar-refractivity contribution in [1.82, 2.24) is 9.78 Å². The normalized spacial score (nSPS) is 11.1. The topological polar surface area (TPSA) is 53.1 Å². The lowest BCUT2D eigenvalue weighted by Gasteiger charge is -2.15. The summed E-state index contributed by atoms with van der Waals surface area (Å²) in [7, 11) is 0. The lowest BCUT2D eigenvalue weighted by atomic mass is 10.2. The third kappa shape index (κ3) is 2.79. The van der Waals surface area contributed by atoms with Crippen molar-refractivity contribution in [1.29, 1.82) is 0 Å². The molecule has 0 unspecified atom stereocenters. The number of hydrogen-bond acceptors (Lipinski definition) is 3. The predicted molar refractivity (Wildman–Crippen MR) is 82.5 cm³/mol. The average Bonchev–Trinajstić information content (AvgIpc) is 2.84. The molecule has 0 saturated heterocycles. The first kappa shape index (κ1) is 14.4. The first-order valence-corrected chi connectivity index (χ1v) is 7.20. The predicted octanol–water partition coefficient (Wildman–Crippen LogP) is 3.37. The Morgan fingerprint density at radius 3 is 2.60 bits per heavy atom. The van der Waals surface area contributed by atoms with Crippen molar-refractivity contribution in [3.63, 3.8) is 0 Å². The molecule has 4 heteroatoms. The van der Waals surface area contributed by atoms with Gasteiger partial charge in [0.05, 0.1) is 17.5 Å². The molecule has 0 aliphatic rings. The van der Waals surface area contributed by atoms with E-state index in [-0.39, 0.29) is 6.10 Å². The average molecular weight is 273 g/mol. The Hall–Kier alpha value is -1.97. The van der Waals surface area contributed by atoms with Crippen molar-refractivity contribution in [3.8, 4) is 11.4 Å². The van der Waals surface area contributed by atoms with E-state index in [1.54, 1.807) is 0 Å². The number of para-hydroxylation sites is 1. The molecule has 1 aromatic carbocycles. The highest BCUT2D eigenvalue weighted by Crippen LogP contribution is 2.29. The third-order valence-corrected chi connectivity index (χ3v) is 3.19. The molecule has 0 aliphatic carbocycles. The second-order valence-corrected chi connectivity index (χ2v) is 5.10. The van der Waals surface area contributed by atoms with Gasteiger partial charge in [0.1, 0.15) is 11.4 Å². The maximum Gasteiger partial charge on any atom is 0.144 e. The molecule has 2 rings (SSSR count). The van der Waals surface area contributed by atoms with Crippen LogP contribution in [-0.4, -0.2) is 15.9 Å². The highest BCUT2D eigenvalue weighted by Gasteiger charge is 2.13. The van der Waals surface area contributed by atoms with Gasteiger partial charge >= 0.3 is 0 Å². The van der Waals surface area contributed by atoms with E-state index in [0.29, 0.717) is 11.4 Å². The summed E-state index contributed by atoms with van der Waals surface area (Å²) in [5.41, 5.74) is 10.0. The molecule has 0 radical (unpaired) electrons. The van der Waals surface area contributed by atoms with Crippen LogP contribution in [0.4, 0.5) is 5.69 Å². The maximum atomic E-state index is 6.25. The number of aromatic nitrogens is 2. The van der Waals surface area contributed by atoms with E-state index in [2.05, 4.69) is 25.0 Å². The van der Waals surface area contributed by atoms with Crippen LogP contribution in [-0.2, 0) is 12.8 Å². The van der Waals surface area contributed by atoms with E-state index in [1.807, 2.05) is 36.7 Å². The summed E-state index contributed by atoms with van der Waals surface area (Å²) >= 11 is 0. The molecule has 0 atom stereocenters. The van der Waals surface area contributed by atoms with Crippen molar-refractivity contribution in [2.75, 3.05) is 5.73 Å². The van der Waals surface area contributed by atoms with Crippen LogP contribution in [0.25, 0.3) is 5.69 Å². The summed E-state index contributed by atoms with van der Waals surface area (Å²) in [5.74, 6) is 0.716. The van der Waals surface area contributed by atoms with Crippen LogP contribution in [0.3, 0.4) is 0 Å². The van der Waals surface area contributed by atoms with Gasteiger partial charge < -0.3 is 10.5 Å². The molecule has 0 saturated carbocycles. The maximum absolute atomic E-state index is 6.25. The van der Waals surface area contributed by atoms with E-state index in [0.717, 1.165) is 29.9 Å². The van der Waals surface area contributed by atoms with Crippen molar-refractivity contribution in [3.05, 3.63) is 35.7 Å². The molecule has 0 aliphatic heterocycles. The third-order valence-electron chi connectivity index (χ3n) is 3.19. The van der Waals surface area contributed by atoms with Gasteiger partial charge in [-0.3, -0.25) is 0 Å². The van der Waals surface area contributed by atoms with Gasteiger partial charge in [-0.1, -0.05) is 19.9 Å². The molecule has 0 bridgehead atoms. The molecule has 4 nitrogen and oxygen atoms in total. The summed E-state index contributed by atoms with van der Waals surface area (Å²) in [6, 6.07) is 7.97. The number of hydrogen-bond donors (Lipinski definition) is 1. The number of nitrogens with two attached hydrogens (primary N) is 1. The summed E-state index contributed by atoms with van der Waals surface area (Å²) < 4.78 is 7.68. The molecule has 0 amide bonds. The molecule has 20 heavy (non-hydrogen) atoms. The minimum Gasteiger partial charge on any atom is -0.489 e. The SMILES string of the molecule is CCc1cc(CC)n(-c2cccc(OC(C)C)c2N)n1. The molecule has 108 valence electrons. The fourth-order valence-corrected chi connectivity index (χ4v) is 2.18. The Morgan fingerprint density at radius 2 is 2.00 bits per heavy atom. The molecule has 2 aromatic rings. The zero-order chi connectivity index (χ0) is 14.7. The van der Waals surface area contributed by atoms with Gasteiger partial charge in [0.25, 0.3) is 0 Å². The Bertz CT molecular complexity index is 587. The van der Waals surface area contributed by atoms with E-state index in [9.17, 15) is 0 Å². The van der Waals surface area contributed by atoms with Gasteiger partial charge in [-0.25, -0.2) is 4.68 Å². The molecule has 0 spiro atoms. The standard InChI is InChI=1S/C16H23N3O/c1-5-12-10-13(6-2)19(18-12)14-8-7-9-15(16(14)17)20-11(3)4/h7-11H,5-6,17H2,1-4H3. The second kappa shape index (κ2) is 5.99. The lowest BCUT2D eigenvalue weighted by molar-refractivity contribution is 0.244. The Morgan fingerprint density at radius 1 is 1.25 bits per heavy atom. The fraction of sp³-hybridized carbons (Fsp3) is 0.438. The molecule has 1 heterocycles. The minimum absolute atomic E-state index is 0.0991.